The topological polar surface area (TPSA) is 99.0 Å². The highest BCUT2D eigenvalue weighted by molar-refractivity contribution is 6.30. The maximum absolute atomic E-state index is 12.4. The van der Waals surface area contributed by atoms with Crippen LogP contribution in [0.4, 0.5) is 5.69 Å². The highest BCUT2D eigenvalue weighted by Crippen LogP contribution is 2.20. The van der Waals surface area contributed by atoms with Crippen LogP contribution < -0.4 is 5.32 Å². The second-order valence-electron chi connectivity index (χ2n) is 6.54. The van der Waals surface area contributed by atoms with Crippen LogP contribution in [0.25, 0.3) is 11.4 Å². The molecule has 9 heteroatoms. The summed E-state index contributed by atoms with van der Waals surface area (Å²) >= 11 is 5.86. The number of hydrogen-bond donors (Lipinski definition) is 1. The molecule has 2 aromatic carbocycles. The van der Waals surface area contributed by atoms with Crippen LogP contribution in [0.3, 0.4) is 0 Å². The van der Waals surface area contributed by atoms with Crippen molar-refractivity contribution in [1.82, 2.24) is 20.2 Å². The summed E-state index contributed by atoms with van der Waals surface area (Å²) in [4.78, 5) is 25.6. The number of carbonyl (C=O) groups excluding carboxylic acids is 2. The lowest BCUT2D eigenvalue weighted by atomic mass is 10.1. The molecule has 0 radical (unpaired) electrons. The number of carbonyl (C=O) groups is 2. The predicted molar refractivity (Wildman–Crippen MR) is 108 cm³/mol. The molecular formula is C20H20ClN5O3. The fraction of sp³-hybridized carbons (Fsp3) is 0.250. The van der Waals surface area contributed by atoms with E-state index in [4.69, 9.17) is 16.3 Å². The second kappa shape index (κ2) is 8.83. The van der Waals surface area contributed by atoms with Crippen LogP contribution >= 0.6 is 11.6 Å². The van der Waals surface area contributed by atoms with Gasteiger partial charge >= 0.3 is 5.97 Å². The molecule has 29 heavy (non-hydrogen) atoms. The summed E-state index contributed by atoms with van der Waals surface area (Å²) in [7, 11) is 0. The Bertz CT molecular complexity index is 1010. The van der Waals surface area contributed by atoms with Gasteiger partial charge in [0.2, 0.25) is 5.82 Å². The van der Waals surface area contributed by atoms with Gasteiger partial charge in [-0.05, 0) is 61.4 Å². The number of benzene rings is 2. The van der Waals surface area contributed by atoms with Gasteiger partial charge in [-0.25, -0.2) is 4.79 Å². The number of nitrogens with zero attached hydrogens (tertiary/aromatic N) is 4. The van der Waals surface area contributed by atoms with Gasteiger partial charge in [-0.2, -0.15) is 4.80 Å². The zero-order valence-corrected chi connectivity index (χ0v) is 17.0. The fourth-order valence-electron chi connectivity index (χ4n) is 2.66. The minimum Gasteiger partial charge on any atom is -0.451 e. The Labute approximate surface area is 172 Å². The Hall–Kier alpha value is -3.26. The molecule has 0 bridgehead atoms. The first kappa shape index (κ1) is 20.5. The van der Waals surface area contributed by atoms with Gasteiger partial charge < -0.3 is 10.1 Å². The smallest absolute Gasteiger partial charge is 0.330 e. The monoisotopic (exact) mass is 413 g/mol. The van der Waals surface area contributed by atoms with E-state index in [-0.39, 0.29) is 6.54 Å². The van der Waals surface area contributed by atoms with Crippen molar-refractivity contribution < 1.29 is 14.3 Å². The van der Waals surface area contributed by atoms with E-state index in [1.165, 1.54) is 6.92 Å². The van der Waals surface area contributed by atoms with Gasteiger partial charge in [0, 0.05) is 16.3 Å². The third-order valence-corrected chi connectivity index (χ3v) is 4.48. The third kappa shape index (κ3) is 5.17. The van der Waals surface area contributed by atoms with Crippen molar-refractivity contribution in [1.29, 1.82) is 0 Å². The Kier molecular flexibility index (Phi) is 6.23. The Balaban J connectivity index is 1.57. The first-order valence-corrected chi connectivity index (χ1v) is 9.31. The zero-order valence-electron chi connectivity index (χ0n) is 16.2. The van der Waals surface area contributed by atoms with Crippen LogP contribution in [0.2, 0.25) is 5.02 Å². The number of aromatic nitrogens is 4. The molecule has 0 aliphatic heterocycles. The van der Waals surface area contributed by atoms with E-state index in [9.17, 15) is 9.59 Å². The Morgan fingerprint density at radius 2 is 1.79 bits per heavy atom. The molecule has 0 fully saturated rings. The maximum atomic E-state index is 12.4. The number of hydrogen-bond acceptors (Lipinski definition) is 6. The lowest BCUT2D eigenvalue weighted by Gasteiger charge is -2.16. The first-order valence-electron chi connectivity index (χ1n) is 8.94. The molecule has 0 aliphatic rings. The molecule has 3 aromatic rings. The minimum atomic E-state index is -0.972. The minimum absolute atomic E-state index is 0.262. The lowest BCUT2D eigenvalue weighted by molar-refractivity contribution is -0.154. The van der Waals surface area contributed by atoms with Crippen LogP contribution in [-0.4, -0.2) is 38.2 Å². The molecule has 0 unspecified atom stereocenters. The van der Waals surface area contributed by atoms with E-state index >= 15 is 0 Å². The molecule has 150 valence electrons. The standard InChI is InChI=1S/C20H20ClN5O3/c1-12-5-4-6-13(2)18(12)22-20(28)14(3)29-17(27)11-26-24-19(23-25-26)15-7-9-16(21)10-8-15/h4-10,14H,11H2,1-3H3,(H,22,28)/t14-/m1/s1. The average Bonchev–Trinajstić information content (AvgIpc) is 3.13. The summed E-state index contributed by atoms with van der Waals surface area (Å²) in [5.41, 5.74) is 3.29. The van der Waals surface area contributed by atoms with Crippen molar-refractivity contribution >= 4 is 29.2 Å². The van der Waals surface area contributed by atoms with Crippen molar-refractivity contribution in [3.05, 3.63) is 58.6 Å². The van der Waals surface area contributed by atoms with E-state index in [1.807, 2.05) is 32.0 Å². The van der Waals surface area contributed by atoms with Crippen molar-refractivity contribution in [3.8, 4) is 11.4 Å². The SMILES string of the molecule is Cc1cccc(C)c1NC(=O)[C@@H](C)OC(=O)Cn1nnc(-c2ccc(Cl)cc2)n1. The summed E-state index contributed by atoms with van der Waals surface area (Å²) in [6.45, 7) is 5.04. The molecule has 0 saturated heterocycles. The van der Waals surface area contributed by atoms with Crippen molar-refractivity contribution in [2.75, 3.05) is 5.32 Å². The van der Waals surface area contributed by atoms with Crippen LogP contribution in [0.5, 0.6) is 0 Å². The van der Waals surface area contributed by atoms with Crippen molar-refractivity contribution in [2.24, 2.45) is 0 Å². The molecule has 1 heterocycles. The highest BCUT2D eigenvalue weighted by atomic mass is 35.5. The normalized spacial score (nSPS) is 11.7. The number of anilines is 1. The number of halogens is 1. The summed E-state index contributed by atoms with van der Waals surface area (Å²) in [6.07, 6.45) is -0.972. The zero-order chi connectivity index (χ0) is 21.0. The molecule has 0 spiro atoms. The van der Waals surface area contributed by atoms with Gasteiger partial charge in [0.05, 0.1) is 0 Å². The number of ether oxygens (including phenoxy) is 1. The molecular weight excluding hydrogens is 394 g/mol. The number of para-hydroxylation sites is 1. The van der Waals surface area contributed by atoms with Gasteiger partial charge in [0.1, 0.15) is 0 Å². The van der Waals surface area contributed by atoms with Gasteiger partial charge in [-0.1, -0.05) is 29.8 Å². The van der Waals surface area contributed by atoms with E-state index in [2.05, 4.69) is 20.7 Å². The molecule has 0 saturated carbocycles. The molecule has 3 rings (SSSR count). The lowest BCUT2D eigenvalue weighted by Crippen LogP contribution is -2.32. The van der Waals surface area contributed by atoms with Gasteiger partial charge in [0.15, 0.2) is 12.6 Å². The van der Waals surface area contributed by atoms with Crippen LogP contribution in [0.15, 0.2) is 42.5 Å². The van der Waals surface area contributed by atoms with Crippen molar-refractivity contribution in [2.45, 2.75) is 33.4 Å². The average molecular weight is 414 g/mol. The van der Waals surface area contributed by atoms with Gasteiger partial charge in [0.25, 0.3) is 5.91 Å². The number of esters is 1. The van der Waals surface area contributed by atoms with Crippen LogP contribution in [0.1, 0.15) is 18.1 Å². The van der Waals surface area contributed by atoms with E-state index < -0.39 is 18.0 Å². The predicted octanol–water partition coefficient (Wildman–Crippen LogP) is 3.18. The molecule has 8 nitrogen and oxygen atoms in total. The summed E-state index contributed by atoms with van der Waals surface area (Å²) in [5, 5.41) is 15.3. The molecule has 1 aromatic heterocycles. The van der Waals surface area contributed by atoms with E-state index in [1.54, 1.807) is 24.3 Å². The maximum Gasteiger partial charge on any atom is 0.330 e. The summed E-state index contributed by atoms with van der Waals surface area (Å²) in [6, 6.07) is 12.6. The number of rotatable bonds is 6. The number of tetrazole rings is 1. The number of amides is 1. The number of nitrogens with one attached hydrogen (secondary N) is 1. The van der Waals surface area contributed by atoms with E-state index in [0.717, 1.165) is 21.5 Å². The summed E-state index contributed by atoms with van der Waals surface area (Å²) in [5.74, 6) is -0.700. The Morgan fingerprint density at radius 1 is 1.14 bits per heavy atom. The van der Waals surface area contributed by atoms with Crippen molar-refractivity contribution in [3.63, 3.8) is 0 Å². The molecule has 1 amide bonds. The molecule has 1 N–H and O–H groups in total. The molecule has 1 atom stereocenters. The quantitative estimate of drug-likeness (QED) is 0.623. The number of aryl methyl sites for hydroxylation is 2. The van der Waals surface area contributed by atoms with Gasteiger partial charge in [-0.15, -0.1) is 10.2 Å². The first-order chi connectivity index (χ1) is 13.8. The van der Waals surface area contributed by atoms with Gasteiger partial charge in [-0.3, -0.25) is 4.79 Å². The molecule has 0 aliphatic carbocycles. The third-order valence-electron chi connectivity index (χ3n) is 4.23. The second-order valence-corrected chi connectivity index (χ2v) is 6.97. The van der Waals surface area contributed by atoms with Crippen LogP contribution in [-0.2, 0) is 20.9 Å². The van der Waals surface area contributed by atoms with Crippen LogP contribution in [0, 0.1) is 13.8 Å². The van der Waals surface area contributed by atoms with E-state index in [0.29, 0.717) is 16.5 Å². The largest absolute Gasteiger partial charge is 0.451 e. The Morgan fingerprint density at radius 3 is 2.45 bits per heavy atom. The summed E-state index contributed by atoms with van der Waals surface area (Å²) < 4.78 is 5.20. The highest BCUT2D eigenvalue weighted by Gasteiger charge is 2.20. The fourth-order valence-corrected chi connectivity index (χ4v) is 2.79.